The lowest BCUT2D eigenvalue weighted by atomic mass is 9.95. The van der Waals surface area contributed by atoms with E-state index in [1.165, 1.54) is 16.7 Å². The Morgan fingerprint density at radius 3 is 2.56 bits per heavy atom. The number of furan rings is 1. The summed E-state index contributed by atoms with van der Waals surface area (Å²) in [5, 5.41) is 3.51. The molecule has 2 nitrogen and oxygen atoms in total. The van der Waals surface area contributed by atoms with E-state index in [1.807, 2.05) is 6.07 Å². The van der Waals surface area contributed by atoms with Gasteiger partial charge in [0.2, 0.25) is 0 Å². The van der Waals surface area contributed by atoms with Gasteiger partial charge in [0.1, 0.15) is 0 Å². The Kier molecular flexibility index (Phi) is 4.25. The van der Waals surface area contributed by atoms with Gasteiger partial charge in [0, 0.05) is 5.56 Å². The third-order valence-corrected chi connectivity index (χ3v) is 3.75. The van der Waals surface area contributed by atoms with E-state index in [2.05, 4.69) is 60.2 Å². The van der Waals surface area contributed by atoms with Crippen molar-refractivity contribution < 1.29 is 4.42 Å². The molecule has 0 saturated heterocycles. The van der Waals surface area contributed by atoms with Crippen LogP contribution in [-0.4, -0.2) is 6.54 Å². The smallest absolute Gasteiger partial charge is 0.174 e. The Morgan fingerprint density at radius 1 is 1.22 bits per heavy atom. The normalized spacial score (nSPS) is 12.7. The molecule has 0 spiro atoms. The summed E-state index contributed by atoms with van der Waals surface area (Å²) < 4.78 is 6.15. The van der Waals surface area contributed by atoms with Crippen LogP contribution < -0.4 is 5.32 Å². The summed E-state index contributed by atoms with van der Waals surface area (Å²) in [5.41, 5.74) is 5.03. The molecule has 96 valence electrons. The van der Waals surface area contributed by atoms with Crippen molar-refractivity contribution in [2.45, 2.75) is 26.8 Å². The average molecular weight is 308 g/mol. The highest BCUT2D eigenvalue weighted by Gasteiger charge is 2.19. The number of halogens is 1. The lowest BCUT2D eigenvalue weighted by Gasteiger charge is -2.20. The van der Waals surface area contributed by atoms with Crippen molar-refractivity contribution in [3.8, 4) is 0 Å². The van der Waals surface area contributed by atoms with E-state index in [-0.39, 0.29) is 6.04 Å². The minimum atomic E-state index is 0.170. The van der Waals surface area contributed by atoms with Crippen LogP contribution in [0.4, 0.5) is 0 Å². The molecule has 3 heteroatoms. The molecule has 1 aromatic carbocycles. The van der Waals surface area contributed by atoms with Gasteiger partial charge in [0.25, 0.3) is 0 Å². The molecule has 0 amide bonds. The lowest BCUT2D eigenvalue weighted by molar-refractivity contribution is 0.526. The monoisotopic (exact) mass is 307 g/mol. The molecule has 1 heterocycles. The average Bonchev–Trinajstić information content (AvgIpc) is 2.73. The molecular weight excluding hydrogens is 290 g/mol. The second-order valence-electron chi connectivity index (χ2n) is 4.50. The van der Waals surface area contributed by atoms with Crippen molar-refractivity contribution in [1.29, 1.82) is 0 Å². The van der Waals surface area contributed by atoms with Crippen LogP contribution in [0.2, 0.25) is 0 Å². The van der Waals surface area contributed by atoms with Crippen LogP contribution in [-0.2, 0) is 0 Å². The molecule has 0 radical (unpaired) electrons. The van der Waals surface area contributed by atoms with E-state index < -0.39 is 0 Å². The van der Waals surface area contributed by atoms with E-state index in [0.717, 1.165) is 16.8 Å². The van der Waals surface area contributed by atoms with E-state index in [4.69, 9.17) is 4.42 Å². The molecule has 0 aliphatic rings. The lowest BCUT2D eigenvalue weighted by Crippen LogP contribution is -2.22. The van der Waals surface area contributed by atoms with E-state index in [1.54, 1.807) is 6.26 Å². The standard InChI is InChI=1S/C15H18BrNO/c1-4-17-14(13-7-8-18-15(13)16)12-6-5-10(2)9-11(12)3/h5-9,14,17H,4H2,1-3H3. The maximum absolute atomic E-state index is 5.35. The third kappa shape index (κ3) is 2.68. The molecule has 1 atom stereocenters. The molecule has 2 aromatic rings. The summed E-state index contributed by atoms with van der Waals surface area (Å²) in [6.45, 7) is 7.30. The van der Waals surface area contributed by atoms with Crippen molar-refractivity contribution in [2.24, 2.45) is 0 Å². The number of hydrogen-bond donors (Lipinski definition) is 1. The van der Waals surface area contributed by atoms with Gasteiger partial charge in [0.05, 0.1) is 12.3 Å². The van der Waals surface area contributed by atoms with Crippen LogP contribution in [0.5, 0.6) is 0 Å². The van der Waals surface area contributed by atoms with E-state index in [9.17, 15) is 0 Å². The predicted molar refractivity (Wildman–Crippen MR) is 77.8 cm³/mol. The van der Waals surface area contributed by atoms with Gasteiger partial charge in [-0.05, 0) is 53.5 Å². The number of nitrogens with one attached hydrogen (secondary N) is 1. The van der Waals surface area contributed by atoms with Crippen molar-refractivity contribution >= 4 is 15.9 Å². The third-order valence-electron chi connectivity index (χ3n) is 3.10. The molecule has 1 aromatic heterocycles. The highest BCUT2D eigenvalue weighted by molar-refractivity contribution is 9.10. The first-order valence-corrected chi connectivity index (χ1v) is 6.96. The molecule has 0 aliphatic carbocycles. The fourth-order valence-electron chi connectivity index (χ4n) is 2.25. The van der Waals surface area contributed by atoms with Crippen LogP contribution in [0.3, 0.4) is 0 Å². The second-order valence-corrected chi connectivity index (χ2v) is 5.22. The summed E-state index contributed by atoms with van der Waals surface area (Å²) in [6.07, 6.45) is 1.72. The van der Waals surface area contributed by atoms with Gasteiger partial charge < -0.3 is 9.73 Å². The van der Waals surface area contributed by atoms with Gasteiger partial charge in [-0.2, -0.15) is 0 Å². The van der Waals surface area contributed by atoms with Gasteiger partial charge in [-0.25, -0.2) is 0 Å². The van der Waals surface area contributed by atoms with Crippen LogP contribution in [0.1, 0.15) is 35.2 Å². The second kappa shape index (κ2) is 5.72. The molecule has 2 rings (SSSR count). The minimum Gasteiger partial charge on any atom is -0.457 e. The van der Waals surface area contributed by atoms with Crippen molar-refractivity contribution in [1.82, 2.24) is 5.32 Å². The van der Waals surface area contributed by atoms with Gasteiger partial charge >= 0.3 is 0 Å². The zero-order valence-corrected chi connectivity index (χ0v) is 12.5. The zero-order valence-electron chi connectivity index (χ0n) is 11.0. The maximum Gasteiger partial charge on any atom is 0.174 e. The topological polar surface area (TPSA) is 25.2 Å². The first-order valence-electron chi connectivity index (χ1n) is 6.17. The summed E-state index contributed by atoms with van der Waals surface area (Å²) >= 11 is 3.47. The Bertz CT molecular complexity index is 533. The van der Waals surface area contributed by atoms with Crippen LogP contribution in [0.25, 0.3) is 0 Å². The SMILES string of the molecule is CCNC(c1ccc(C)cc1C)c1ccoc1Br. The fourth-order valence-corrected chi connectivity index (χ4v) is 2.72. The Balaban J connectivity index is 2.45. The van der Waals surface area contributed by atoms with Gasteiger partial charge in [-0.1, -0.05) is 30.7 Å². The molecule has 0 saturated carbocycles. The molecular formula is C15H18BrNO. The molecule has 0 fully saturated rings. The Hall–Kier alpha value is -1.06. The van der Waals surface area contributed by atoms with Crippen molar-refractivity contribution in [3.05, 3.63) is 57.5 Å². The predicted octanol–water partition coefficient (Wildman–Crippen LogP) is 4.36. The zero-order chi connectivity index (χ0) is 13.1. The number of rotatable bonds is 4. The first-order chi connectivity index (χ1) is 8.63. The van der Waals surface area contributed by atoms with Crippen molar-refractivity contribution in [2.75, 3.05) is 6.54 Å². The van der Waals surface area contributed by atoms with Crippen LogP contribution in [0.15, 0.2) is 39.6 Å². The molecule has 1 N–H and O–H groups in total. The number of hydrogen-bond acceptors (Lipinski definition) is 2. The van der Waals surface area contributed by atoms with Gasteiger partial charge in [-0.15, -0.1) is 0 Å². The number of benzene rings is 1. The van der Waals surface area contributed by atoms with E-state index >= 15 is 0 Å². The summed E-state index contributed by atoms with van der Waals surface area (Å²) in [4.78, 5) is 0. The summed E-state index contributed by atoms with van der Waals surface area (Å²) in [5.74, 6) is 0. The summed E-state index contributed by atoms with van der Waals surface area (Å²) in [6, 6.07) is 8.74. The van der Waals surface area contributed by atoms with Gasteiger partial charge in [-0.3, -0.25) is 0 Å². The van der Waals surface area contributed by atoms with Gasteiger partial charge in [0.15, 0.2) is 4.67 Å². The first kappa shape index (κ1) is 13.4. The van der Waals surface area contributed by atoms with Crippen LogP contribution in [0, 0.1) is 13.8 Å². The molecule has 1 unspecified atom stereocenters. The Labute approximate surface area is 117 Å². The minimum absolute atomic E-state index is 0.170. The Morgan fingerprint density at radius 2 is 2.00 bits per heavy atom. The highest BCUT2D eigenvalue weighted by atomic mass is 79.9. The molecule has 0 aliphatic heterocycles. The summed E-state index contributed by atoms with van der Waals surface area (Å²) in [7, 11) is 0. The molecule has 18 heavy (non-hydrogen) atoms. The quantitative estimate of drug-likeness (QED) is 0.908. The van der Waals surface area contributed by atoms with E-state index in [0.29, 0.717) is 0 Å². The van der Waals surface area contributed by atoms with Crippen molar-refractivity contribution in [3.63, 3.8) is 0 Å². The maximum atomic E-state index is 5.35. The highest BCUT2D eigenvalue weighted by Crippen LogP contribution is 2.31. The molecule has 0 bridgehead atoms. The van der Waals surface area contributed by atoms with Crippen LogP contribution >= 0.6 is 15.9 Å². The number of aryl methyl sites for hydroxylation is 2. The largest absolute Gasteiger partial charge is 0.457 e. The fraction of sp³-hybridized carbons (Fsp3) is 0.333.